The molecule has 2 heterocycles. The summed E-state index contributed by atoms with van der Waals surface area (Å²) < 4.78 is 12.8. The zero-order chi connectivity index (χ0) is 22.5. The molecule has 0 fully saturated rings. The highest BCUT2D eigenvalue weighted by Crippen LogP contribution is 2.27. The van der Waals surface area contributed by atoms with Crippen LogP contribution in [0.25, 0.3) is 22.1 Å². The van der Waals surface area contributed by atoms with Gasteiger partial charge in [0.1, 0.15) is 11.1 Å². The minimum Gasteiger partial charge on any atom is -0.448 e. The second-order valence-electron chi connectivity index (χ2n) is 6.99. The zero-order valence-corrected chi connectivity index (χ0v) is 19.0. The molecule has 0 bridgehead atoms. The number of fused-ring (bicyclic) bond motifs is 3. The maximum absolute atomic E-state index is 13.2. The largest absolute Gasteiger partial charge is 0.448 e. The van der Waals surface area contributed by atoms with E-state index >= 15 is 0 Å². The Morgan fingerprint density at radius 3 is 2.81 bits per heavy atom. The van der Waals surface area contributed by atoms with E-state index in [1.165, 1.54) is 11.8 Å². The third-order valence-corrected chi connectivity index (χ3v) is 6.11. The summed E-state index contributed by atoms with van der Waals surface area (Å²) in [6, 6.07) is 14.4. The van der Waals surface area contributed by atoms with E-state index in [1.807, 2.05) is 25.1 Å². The lowest BCUT2D eigenvalue weighted by Crippen LogP contribution is -2.24. The Balaban J connectivity index is 1.63. The molecule has 166 valence electrons. The van der Waals surface area contributed by atoms with E-state index in [4.69, 9.17) is 25.7 Å². The van der Waals surface area contributed by atoms with E-state index in [-0.39, 0.29) is 22.8 Å². The predicted octanol–water partition coefficient (Wildman–Crippen LogP) is 4.95. The zero-order valence-electron chi connectivity index (χ0n) is 17.5. The van der Waals surface area contributed by atoms with Crippen molar-refractivity contribution >= 4 is 57.0 Å². The Kier molecular flexibility index (Phi) is 7.14. The molecule has 0 spiro atoms. The average molecular weight is 472 g/mol. The van der Waals surface area contributed by atoms with Crippen LogP contribution in [0.3, 0.4) is 0 Å². The molecule has 2 aromatic carbocycles. The Morgan fingerprint density at radius 2 is 2.00 bits per heavy atom. The molecule has 1 N–H and O–H groups in total. The standard InChI is InChI=1S/C23H22ClN3O4S/c1-2-30-13-7-12-27-22(29)21-20(15-8-3-6-11-18(15)31-21)26-23(27)32-14-19(28)25-17-10-5-4-9-16(17)24/h3-6,8-11H,2,7,12-14H2,1H3,(H,25,28). The van der Waals surface area contributed by atoms with Crippen LogP contribution in [0.15, 0.2) is 62.9 Å². The molecule has 0 aliphatic rings. The fourth-order valence-corrected chi connectivity index (χ4v) is 4.31. The second kappa shape index (κ2) is 10.2. The van der Waals surface area contributed by atoms with Gasteiger partial charge in [-0.25, -0.2) is 4.98 Å². The van der Waals surface area contributed by atoms with Crippen LogP contribution in [-0.4, -0.2) is 34.4 Å². The van der Waals surface area contributed by atoms with Crippen molar-refractivity contribution in [2.24, 2.45) is 0 Å². The summed E-state index contributed by atoms with van der Waals surface area (Å²) >= 11 is 7.32. The maximum Gasteiger partial charge on any atom is 0.297 e. The van der Waals surface area contributed by atoms with Crippen molar-refractivity contribution in [3.8, 4) is 0 Å². The number of amides is 1. The molecule has 0 unspecified atom stereocenters. The Hall–Kier alpha value is -2.81. The van der Waals surface area contributed by atoms with E-state index in [0.717, 1.165) is 5.39 Å². The molecular formula is C23H22ClN3O4S. The van der Waals surface area contributed by atoms with Crippen molar-refractivity contribution in [3.63, 3.8) is 0 Å². The monoisotopic (exact) mass is 471 g/mol. The number of aromatic nitrogens is 2. The van der Waals surface area contributed by atoms with Crippen LogP contribution < -0.4 is 10.9 Å². The fourth-order valence-electron chi connectivity index (χ4n) is 3.31. The minimum atomic E-state index is -0.267. The van der Waals surface area contributed by atoms with Crippen molar-refractivity contribution in [2.45, 2.75) is 25.0 Å². The first kappa shape index (κ1) is 22.4. The van der Waals surface area contributed by atoms with Crippen molar-refractivity contribution < 1.29 is 13.9 Å². The number of furan rings is 1. The van der Waals surface area contributed by atoms with E-state index < -0.39 is 0 Å². The molecule has 0 aliphatic carbocycles. The molecule has 0 saturated heterocycles. The van der Waals surface area contributed by atoms with Crippen LogP contribution in [0, 0.1) is 0 Å². The summed E-state index contributed by atoms with van der Waals surface area (Å²) in [4.78, 5) is 30.4. The third-order valence-electron chi connectivity index (χ3n) is 4.80. The third kappa shape index (κ3) is 4.82. The number of anilines is 1. The van der Waals surface area contributed by atoms with E-state index in [9.17, 15) is 9.59 Å². The van der Waals surface area contributed by atoms with Gasteiger partial charge in [0, 0.05) is 25.1 Å². The summed E-state index contributed by atoms with van der Waals surface area (Å²) in [5.41, 5.74) is 1.59. The highest BCUT2D eigenvalue weighted by atomic mass is 35.5. The van der Waals surface area contributed by atoms with Crippen LogP contribution >= 0.6 is 23.4 Å². The van der Waals surface area contributed by atoms with Gasteiger partial charge >= 0.3 is 0 Å². The first-order chi connectivity index (χ1) is 15.6. The molecule has 1 amide bonds. The number of nitrogens with one attached hydrogen (secondary N) is 1. The van der Waals surface area contributed by atoms with Gasteiger partial charge in [0.05, 0.1) is 16.5 Å². The van der Waals surface area contributed by atoms with Crippen molar-refractivity contribution in [1.29, 1.82) is 0 Å². The van der Waals surface area contributed by atoms with Gasteiger partial charge in [0.2, 0.25) is 11.5 Å². The summed E-state index contributed by atoms with van der Waals surface area (Å²) in [7, 11) is 0. The minimum absolute atomic E-state index is 0.0738. The Morgan fingerprint density at radius 1 is 1.22 bits per heavy atom. The normalized spacial score (nSPS) is 11.3. The smallest absolute Gasteiger partial charge is 0.297 e. The first-order valence-electron chi connectivity index (χ1n) is 10.3. The molecule has 0 saturated carbocycles. The molecule has 0 radical (unpaired) electrons. The number of hydrogen-bond donors (Lipinski definition) is 1. The quantitative estimate of drug-likeness (QED) is 0.211. The molecule has 4 aromatic rings. The van der Waals surface area contributed by atoms with Gasteiger partial charge in [0.15, 0.2) is 5.16 Å². The molecule has 4 rings (SSSR count). The lowest BCUT2D eigenvalue weighted by Gasteiger charge is -2.12. The topological polar surface area (TPSA) is 86.4 Å². The SMILES string of the molecule is CCOCCCn1c(SCC(=O)Nc2ccccc2Cl)nc2c(oc3ccccc32)c1=O. The molecule has 0 aliphatic heterocycles. The number of ether oxygens (including phenoxy) is 1. The number of thioether (sulfide) groups is 1. The summed E-state index contributed by atoms with van der Waals surface area (Å²) in [5, 5.41) is 4.48. The van der Waals surface area contributed by atoms with Crippen LogP contribution in [0.2, 0.25) is 5.02 Å². The van der Waals surface area contributed by atoms with Gasteiger partial charge in [0.25, 0.3) is 5.56 Å². The van der Waals surface area contributed by atoms with Gasteiger partial charge in [-0.15, -0.1) is 0 Å². The Bertz CT molecular complexity index is 1320. The van der Waals surface area contributed by atoms with Gasteiger partial charge in [-0.05, 0) is 37.6 Å². The molecule has 2 aromatic heterocycles. The molecule has 32 heavy (non-hydrogen) atoms. The van der Waals surface area contributed by atoms with E-state index in [2.05, 4.69) is 5.32 Å². The second-order valence-corrected chi connectivity index (χ2v) is 8.34. The fraction of sp³-hybridized carbons (Fsp3) is 0.261. The number of carbonyl (C=O) groups is 1. The Labute approximate surface area is 193 Å². The van der Waals surface area contributed by atoms with E-state index in [0.29, 0.717) is 53.1 Å². The van der Waals surface area contributed by atoms with Gasteiger partial charge < -0.3 is 14.5 Å². The van der Waals surface area contributed by atoms with E-state index in [1.54, 1.807) is 34.9 Å². The van der Waals surface area contributed by atoms with Gasteiger partial charge in [-0.3, -0.25) is 14.2 Å². The summed E-state index contributed by atoms with van der Waals surface area (Å²) in [5.74, 6) is -0.167. The van der Waals surface area contributed by atoms with Crippen LogP contribution in [0.1, 0.15) is 13.3 Å². The molecule has 0 atom stereocenters. The number of halogens is 1. The van der Waals surface area contributed by atoms with Crippen LogP contribution in [0.4, 0.5) is 5.69 Å². The summed E-state index contributed by atoms with van der Waals surface area (Å²) in [6.45, 7) is 3.47. The molecular weight excluding hydrogens is 450 g/mol. The number of para-hydroxylation sites is 2. The maximum atomic E-state index is 13.2. The van der Waals surface area contributed by atoms with Crippen LogP contribution in [-0.2, 0) is 16.1 Å². The highest BCUT2D eigenvalue weighted by molar-refractivity contribution is 7.99. The van der Waals surface area contributed by atoms with Gasteiger partial charge in [-0.2, -0.15) is 0 Å². The van der Waals surface area contributed by atoms with Crippen molar-refractivity contribution in [3.05, 3.63) is 63.9 Å². The average Bonchev–Trinajstić information content (AvgIpc) is 3.17. The van der Waals surface area contributed by atoms with Crippen molar-refractivity contribution in [1.82, 2.24) is 9.55 Å². The number of benzene rings is 2. The van der Waals surface area contributed by atoms with Crippen molar-refractivity contribution in [2.75, 3.05) is 24.3 Å². The summed E-state index contributed by atoms with van der Waals surface area (Å²) in [6.07, 6.45) is 0.639. The predicted molar refractivity (Wildman–Crippen MR) is 128 cm³/mol. The highest BCUT2D eigenvalue weighted by Gasteiger charge is 2.18. The molecule has 9 heteroatoms. The number of rotatable bonds is 9. The lowest BCUT2D eigenvalue weighted by atomic mass is 10.2. The number of carbonyl (C=O) groups excluding carboxylic acids is 1. The lowest BCUT2D eigenvalue weighted by molar-refractivity contribution is -0.113. The number of nitrogens with zero attached hydrogens (tertiary/aromatic N) is 2. The van der Waals surface area contributed by atoms with Gasteiger partial charge in [-0.1, -0.05) is 47.6 Å². The number of hydrogen-bond acceptors (Lipinski definition) is 6. The molecule has 7 nitrogen and oxygen atoms in total. The first-order valence-corrected chi connectivity index (χ1v) is 11.6. The van der Waals surface area contributed by atoms with Crippen LogP contribution in [0.5, 0.6) is 0 Å².